The number of amides is 1. The van der Waals surface area contributed by atoms with Crippen LogP contribution in [-0.2, 0) is 4.79 Å². The molecule has 1 spiro atoms. The first kappa shape index (κ1) is 11.7. The predicted molar refractivity (Wildman–Crippen MR) is 69.1 cm³/mol. The average Bonchev–Trinajstić information content (AvgIpc) is 2.40. The zero-order chi connectivity index (χ0) is 12.4. The van der Waals surface area contributed by atoms with Gasteiger partial charge in [-0.3, -0.25) is 9.78 Å². The molecule has 4 heteroatoms. The third kappa shape index (κ3) is 2.01. The van der Waals surface area contributed by atoms with Crippen molar-refractivity contribution in [1.29, 1.82) is 0 Å². The molecule has 2 aliphatic rings. The molecule has 2 aliphatic heterocycles. The van der Waals surface area contributed by atoms with Crippen LogP contribution in [0.25, 0.3) is 0 Å². The number of nitrogens with one attached hydrogen (secondary N) is 2. The summed E-state index contributed by atoms with van der Waals surface area (Å²) in [5.74, 6) is 0.614. The molecule has 3 rings (SSSR count). The van der Waals surface area contributed by atoms with Gasteiger partial charge in [0.25, 0.3) is 0 Å². The first-order chi connectivity index (χ1) is 8.80. The van der Waals surface area contributed by atoms with E-state index in [9.17, 15) is 4.79 Å². The Kier molecular flexibility index (Phi) is 3.04. The smallest absolute Gasteiger partial charge is 0.220 e. The monoisotopic (exact) mass is 245 g/mol. The van der Waals surface area contributed by atoms with Crippen molar-refractivity contribution in [3.63, 3.8) is 0 Å². The van der Waals surface area contributed by atoms with Crippen molar-refractivity contribution in [1.82, 2.24) is 15.6 Å². The van der Waals surface area contributed by atoms with Crippen molar-refractivity contribution in [3.8, 4) is 0 Å². The molecule has 1 amide bonds. The van der Waals surface area contributed by atoms with Gasteiger partial charge in [0, 0.05) is 31.3 Å². The summed E-state index contributed by atoms with van der Waals surface area (Å²) in [6, 6.07) is 4.12. The summed E-state index contributed by atoms with van der Waals surface area (Å²) in [5.41, 5.74) is 1.40. The molecule has 1 aromatic heterocycles. The Morgan fingerprint density at radius 1 is 1.33 bits per heavy atom. The average molecular weight is 245 g/mol. The molecule has 0 aromatic carbocycles. The summed E-state index contributed by atoms with van der Waals surface area (Å²) in [7, 11) is 0. The predicted octanol–water partition coefficient (Wildman–Crippen LogP) is 1.05. The largest absolute Gasteiger partial charge is 0.355 e. The van der Waals surface area contributed by atoms with Crippen molar-refractivity contribution in [2.24, 2.45) is 5.41 Å². The van der Waals surface area contributed by atoms with Crippen LogP contribution in [0.2, 0.25) is 0 Å². The molecular formula is C14H19N3O. The Bertz CT molecular complexity index is 426. The summed E-state index contributed by atoms with van der Waals surface area (Å²) in [5, 5.41) is 6.41. The van der Waals surface area contributed by atoms with Gasteiger partial charge in [-0.05, 0) is 43.0 Å². The third-order valence-corrected chi connectivity index (χ3v) is 4.44. The van der Waals surface area contributed by atoms with Crippen LogP contribution in [0.1, 0.15) is 30.7 Å². The fourth-order valence-corrected chi connectivity index (χ4v) is 3.44. The van der Waals surface area contributed by atoms with Gasteiger partial charge in [-0.1, -0.05) is 6.07 Å². The minimum Gasteiger partial charge on any atom is -0.355 e. The van der Waals surface area contributed by atoms with Gasteiger partial charge >= 0.3 is 0 Å². The first-order valence-electron chi connectivity index (χ1n) is 6.68. The second-order valence-electron chi connectivity index (χ2n) is 5.43. The number of hydrogen-bond donors (Lipinski definition) is 2. The van der Waals surface area contributed by atoms with Gasteiger partial charge in [0.2, 0.25) is 5.91 Å². The summed E-state index contributed by atoms with van der Waals surface area (Å²) < 4.78 is 0. The highest BCUT2D eigenvalue weighted by atomic mass is 16.1. The second-order valence-corrected chi connectivity index (χ2v) is 5.43. The minimum absolute atomic E-state index is 0.136. The highest BCUT2D eigenvalue weighted by Crippen LogP contribution is 2.47. The maximum Gasteiger partial charge on any atom is 0.220 e. The highest BCUT2D eigenvalue weighted by Gasteiger charge is 2.44. The third-order valence-electron chi connectivity index (χ3n) is 4.44. The van der Waals surface area contributed by atoms with Crippen molar-refractivity contribution >= 4 is 5.91 Å². The van der Waals surface area contributed by atoms with Crippen LogP contribution in [0, 0.1) is 5.41 Å². The Morgan fingerprint density at radius 2 is 2.17 bits per heavy atom. The van der Waals surface area contributed by atoms with E-state index in [-0.39, 0.29) is 11.3 Å². The molecule has 1 unspecified atom stereocenters. The van der Waals surface area contributed by atoms with Crippen LogP contribution in [0.4, 0.5) is 0 Å². The summed E-state index contributed by atoms with van der Waals surface area (Å²) in [4.78, 5) is 16.0. The van der Waals surface area contributed by atoms with E-state index in [0.717, 1.165) is 32.5 Å². The Morgan fingerprint density at radius 3 is 2.89 bits per heavy atom. The van der Waals surface area contributed by atoms with E-state index in [1.807, 2.05) is 12.3 Å². The number of rotatable bonds is 1. The fraction of sp³-hybridized carbons (Fsp3) is 0.571. The van der Waals surface area contributed by atoms with Crippen LogP contribution in [-0.4, -0.2) is 30.5 Å². The van der Waals surface area contributed by atoms with Crippen molar-refractivity contribution < 1.29 is 4.79 Å². The quantitative estimate of drug-likeness (QED) is 0.777. The Hall–Kier alpha value is -1.42. The highest BCUT2D eigenvalue weighted by molar-refractivity contribution is 5.78. The van der Waals surface area contributed by atoms with Crippen LogP contribution in [0.5, 0.6) is 0 Å². The molecule has 0 aliphatic carbocycles. The van der Waals surface area contributed by atoms with E-state index in [0.29, 0.717) is 12.3 Å². The van der Waals surface area contributed by atoms with Crippen LogP contribution in [0.3, 0.4) is 0 Å². The number of carbonyl (C=O) groups is 1. The standard InChI is InChI=1S/C14H19N3O/c18-13-8-14(3-6-15-7-4-14)12(10-17-13)11-2-1-5-16-9-11/h1-2,5,9,12,15H,3-4,6-8,10H2,(H,17,18). The summed E-state index contributed by atoms with van der Waals surface area (Å²) in [6.07, 6.45) is 6.58. The normalized spacial score (nSPS) is 26.9. The number of pyridine rings is 1. The molecule has 2 N–H and O–H groups in total. The summed E-state index contributed by atoms with van der Waals surface area (Å²) in [6.45, 7) is 2.79. The number of carbonyl (C=O) groups excluding carboxylic acids is 1. The maximum absolute atomic E-state index is 11.8. The van der Waals surface area contributed by atoms with Crippen LogP contribution < -0.4 is 10.6 Å². The van der Waals surface area contributed by atoms with E-state index in [2.05, 4.69) is 21.7 Å². The lowest BCUT2D eigenvalue weighted by atomic mass is 9.63. The molecule has 4 nitrogen and oxygen atoms in total. The number of piperidine rings is 2. The van der Waals surface area contributed by atoms with E-state index < -0.39 is 0 Å². The SMILES string of the molecule is O=C1CC2(CCNCC2)C(c2cccnc2)CN1. The molecule has 0 saturated carbocycles. The molecule has 96 valence electrons. The van der Waals surface area contributed by atoms with Gasteiger partial charge in [-0.25, -0.2) is 0 Å². The molecule has 1 atom stereocenters. The van der Waals surface area contributed by atoms with Gasteiger partial charge in [0.1, 0.15) is 0 Å². The first-order valence-corrected chi connectivity index (χ1v) is 6.68. The lowest BCUT2D eigenvalue weighted by Crippen LogP contribution is -2.51. The molecule has 2 fully saturated rings. The number of nitrogens with zero attached hydrogens (tertiary/aromatic N) is 1. The van der Waals surface area contributed by atoms with Gasteiger partial charge in [0.15, 0.2) is 0 Å². The minimum atomic E-state index is 0.136. The molecule has 1 aromatic rings. The number of aromatic nitrogens is 1. The molecule has 0 radical (unpaired) electrons. The van der Waals surface area contributed by atoms with Crippen LogP contribution in [0.15, 0.2) is 24.5 Å². The second kappa shape index (κ2) is 4.69. The van der Waals surface area contributed by atoms with Crippen molar-refractivity contribution in [2.75, 3.05) is 19.6 Å². The fourth-order valence-electron chi connectivity index (χ4n) is 3.44. The van der Waals surface area contributed by atoms with Gasteiger partial charge < -0.3 is 10.6 Å². The summed E-state index contributed by atoms with van der Waals surface area (Å²) >= 11 is 0. The van der Waals surface area contributed by atoms with Crippen LogP contribution >= 0.6 is 0 Å². The molecule has 3 heterocycles. The molecule has 0 bridgehead atoms. The lowest BCUT2D eigenvalue weighted by Gasteiger charge is -2.46. The van der Waals surface area contributed by atoms with Gasteiger partial charge in [0.05, 0.1) is 0 Å². The molecule has 18 heavy (non-hydrogen) atoms. The molecular weight excluding hydrogens is 226 g/mol. The van der Waals surface area contributed by atoms with E-state index >= 15 is 0 Å². The Labute approximate surface area is 107 Å². The van der Waals surface area contributed by atoms with E-state index in [4.69, 9.17) is 0 Å². The Balaban J connectivity index is 1.93. The maximum atomic E-state index is 11.8. The van der Waals surface area contributed by atoms with E-state index in [1.165, 1.54) is 5.56 Å². The lowest BCUT2D eigenvalue weighted by molar-refractivity contribution is -0.127. The topological polar surface area (TPSA) is 54.0 Å². The van der Waals surface area contributed by atoms with Gasteiger partial charge in [-0.2, -0.15) is 0 Å². The van der Waals surface area contributed by atoms with E-state index in [1.54, 1.807) is 6.20 Å². The van der Waals surface area contributed by atoms with Crippen molar-refractivity contribution in [2.45, 2.75) is 25.2 Å². The zero-order valence-corrected chi connectivity index (χ0v) is 10.5. The molecule has 2 saturated heterocycles. The number of hydrogen-bond acceptors (Lipinski definition) is 3. The van der Waals surface area contributed by atoms with Gasteiger partial charge in [-0.15, -0.1) is 0 Å². The van der Waals surface area contributed by atoms with Crippen molar-refractivity contribution in [3.05, 3.63) is 30.1 Å². The zero-order valence-electron chi connectivity index (χ0n) is 10.5.